The molecule has 3 aromatic heterocycles. The number of aliphatic hydroxyl groups is 3. The molecule has 0 saturated carbocycles. The molecule has 2 bridgehead atoms. The third-order valence-corrected chi connectivity index (χ3v) is 6.76. The van der Waals surface area contributed by atoms with Crippen LogP contribution in [0.2, 0.25) is 0 Å². The second-order valence-corrected chi connectivity index (χ2v) is 8.74. The molecule has 3 N–H and O–H groups in total. The van der Waals surface area contributed by atoms with Crippen molar-refractivity contribution in [2.24, 2.45) is 0 Å². The summed E-state index contributed by atoms with van der Waals surface area (Å²) in [6.07, 6.45) is 1.36. The molecule has 1 aliphatic heterocycles. The van der Waals surface area contributed by atoms with Gasteiger partial charge in [-0.1, -0.05) is 6.07 Å². The van der Waals surface area contributed by atoms with E-state index in [9.17, 15) is 28.9 Å². The molecule has 2 atom stereocenters. The monoisotopic (exact) mass is 495 g/mol. The Bertz CT molecular complexity index is 1530. The summed E-state index contributed by atoms with van der Waals surface area (Å²) in [6.45, 7) is -1.30. The highest BCUT2D eigenvalue weighted by molar-refractivity contribution is 5.98. The molecule has 6 rings (SSSR count). The van der Waals surface area contributed by atoms with Gasteiger partial charge in [0.15, 0.2) is 0 Å². The lowest BCUT2D eigenvalue weighted by Crippen LogP contribution is -2.53. The number of benzene rings is 1. The molecule has 36 heavy (non-hydrogen) atoms. The van der Waals surface area contributed by atoms with E-state index in [-0.39, 0.29) is 23.3 Å². The number of rotatable bonds is 4. The molecule has 1 aromatic carbocycles. The molecule has 4 heterocycles. The van der Waals surface area contributed by atoms with Gasteiger partial charge in [-0.15, -0.1) is 0 Å². The van der Waals surface area contributed by atoms with Crippen LogP contribution in [0.3, 0.4) is 0 Å². The number of hydrogen-bond acceptors (Lipinski definition) is 8. The highest BCUT2D eigenvalue weighted by Crippen LogP contribution is 2.54. The predicted octanol–water partition coefficient (Wildman–Crippen LogP) is 2.32. The molecule has 184 valence electrons. The van der Waals surface area contributed by atoms with Gasteiger partial charge in [0.1, 0.15) is 12.1 Å². The Kier molecular flexibility index (Phi) is 4.84. The zero-order valence-electron chi connectivity index (χ0n) is 18.7. The lowest BCUT2D eigenvalue weighted by molar-refractivity contribution is -0.385. The first-order valence-electron chi connectivity index (χ1n) is 11.0. The maximum Gasteiger partial charge on any atom is 0.387 e. The Morgan fingerprint density at radius 3 is 2.69 bits per heavy atom. The molecule has 12 heteroatoms. The second kappa shape index (κ2) is 7.75. The van der Waals surface area contributed by atoms with E-state index in [1.165, 1.54) is 24.5 Å². The van der Waals surface area contributed by atoms with Crippen molar-refractivity contribution in [3.05, 3.63) is 77.1 Å². The van der Waals surface area contributed by atoms with Gasteiger partial charge in [0.2, 0.25) is 0 Å². The van der Waals surface area contributed by atoms with Crippen LogP contribution < -0.4 is 4.74 Å². The smallest absolute Gasteiger partial charge is 0.387 e. The van der Waals surface area contributed by atoms with E-state index in [0.29, 0.717) is 21.7 Å². The van der Waals surface area contributed by atoms with Crippen molar-refractivity contribution < 1.29 is 33.6 Å². The number of ether oxygens (including phenoxy) is 1. The molecule has 1 amide bonds. The summed E-state index contributed by atoms with van der Waals surface area (Å²) in [4.78, 5) is 22.2. The molecule has 0 spiro atoms. The van der Waals surface area contributed by atoms with Crippen molar-refractivity contribution >= 4 is 11.4 Å². The van der Waals surface area contributed by atoms with Crippen LogP contribution in [-0.4, -0.2) is 58.4 Å². The van der Waals surface area contributed by atoms with E-state index in [1.54, 1.807) is 23.0 Å². The average Bonchev–Trinajstić information content (AvgIpc) is 3.31. The van der Waals surface area contributed by atoms with E-state index < -0.39 is 30.6 Å². The highest BCUT2D eigenvalue weighted by atomic mass is 19.3. The van der Waals surface area contributed by atoms with Crippen LogP contribution in [0.25, 0.3) is 16.6 Å². The van der Waals surface area contributed by atoms with Crippen molar-refractivity contribution in [2.45, 2.75) is 38.0 Å². The normalized spacial score (nSPS) is 19.0. The SMILES string of the molecule is Cc1ncncc1-c1ccn2nc3c(c2c1)C1CC3N(C(O)(O)O)C(=O)c2cccc(OC(F)F)c21. The number of carbonyl (C=O) groups is 1. The minimum Gasteiger partial charge on any atom is -0.434 e. The standard InChI is InChI=1S/C24H19F2N5O5/c1-11-15(9-27-10-28-11)12-5-6-30-16(7-12)20-14-8-17(21(20)29-30)31(24(33,34)35)22(32)13-3-2-4-18(19(13)14)36-23(25)26/h2-7,9-10,14,17,23,33-35H,8H2,1H3. The Morgan fingerprint density at radius 2 is 1.97 bits per heavy atom. The first-order chi connectivity index (χ1) is 17.1. The lowest BCUT2D eigenvalue weighted by Gasteiger charge is -2.34. The maximum absolute atomic E-state index is 13.4. The van der Waals surface area contributed by atoms with E-state index >= 15 is 0 Å². The zero-order chi connectivity index (χ0) is 25.4. The van der Waals surface area contributed by atoms with Crippen molar-refractivity contribution in [1.82, 2.24) is 24.5 Å². The fraction of sp³-hybridized carbons (Fsp3) is 0.250. The number of alkyl halides is 2. The molecule has 0 saturated heterocycles. The summed E-state index contributed by atoms with van der Waals surface area (Å²) in [5.74, 6) is -1.83. The third-order valence-electron chi connectivity index (χ3n) is 6.76. The number of aromatic nitrogens is 4. The topological polar surface area (TPSA) is 133 Å². The predicted molar refractivity (Wildman–Crippen MR) is 119 cm³/mol. The van der Waals surface area contributed by atoms with Crippen LogP contribution in [0.5, 0.6) is 5.75 Å². The number of carbonyl (C=O) groups excluding carboxylic acids is 1. The lowest BCUT2D eigenvalue weighted by atomic mass is 9.88. The van der Waals surface area contributed by atoms with Crippen LogP contribution in [0.4, 0.5) is 8.78 Å². The first kappa shape index (κ1) is 22.5. The van der Waals surface area contributed by atoms with Crippen molar-refractivity contribution in [3.63, 3.8) is 0 Å². The zero-order valence-corrected chi connectivity index (χ0v) is 18.7. The Labute approximate surface area is 202 Å². The Balaban J connectivity index is 1.64. The molecular formula is C24H19F2N5O5. The molecule has 4 aromatic rings. The van der Waals surface area contributed by atoms with Gasteiger partial charge in [-0.3, -0.25) is 9.69 Å². The van der Waals surface area contributed by atoms with Crippen LogP contribution in [0.1, 0.15) is 51.3 Å². The van der Waals surface area contributed by atoms with E-state index in [1.807, 2.05) is 13.0 Å². The number of hydrogen-bond donors (Lipinski definition) is 3. The fourth-order valence-corrected chi connectivity index (χ4v) is 5.38. The molecule has 0 fully saturated rings. The first-order valence-corrected chi connectivity index (χ1v) is 11.0. The van der Waals surface area contributed by atoms with Crippen molar-refractivity contribution in [2.75, 3.05) is 0 Å². The van der Waals surface area contributed by atoms with Crippen LogP contribution in [-0.2, 0) is 0 Å². The summed E-state index contributed by atoms with van der Waals surface area (Å²) in [7, 11) is 0. The number of nitrogens with zero attached hydrogens (tertiary/aromatic N) is 5. The molecule has 1 aliphatic carbocycles. The van der Waals surface area contributed by atoms with Crippen LogP contribution in [0.15, 0.2) is 49.1 Å². The van der Waals surface area contributed by atoms with Crippen LogP contribution in [0, 0.1) is 6.92 Å². The van der Waals surface area contributed by atoms with Gasteiger partial charge in [0.25, 0.3) is 5.91 Å². The summed E-state index contributed by atoms with van der Waals surface area (Å²) in [5.41, 5.74) is 3.93. The fourth-order valence-electron chi connectivity index (χ4n) is 5.38. The number of halogens is 2. The average molecular weight is 495 g/mol. The minimum absolute atomic E-state index is 0.0671. The largest absolute Gasteiger partial charge is 0.434 e. The van der Waals surface area contributed by atoms with Gasteiger partial charge in [-0.25, -0.2) is 14.5 Å². The number of pyridine rings is 1. The maximum atomic E-state index is 13.4. The quantitative estimate of drug-likeness (QED) is 0.368. The molecule has 2 unspecified atom stereocenters. The Morgan fingerprint density at radius 1 is 1.17 bits per heavy atom. The highest BCUT2D eigenvalue weighted by Gasteiger charge is 2.52. The molecule has 0 radical (unpaired) electrons. The van der Waals surface area contributed by atoms with Gasteiger partial charge >= 0.3 is 12.7 Å². The van der Waals surface area contributed by atoms with Gasteiger partial charge in [-0.05, 0) is 43.2 Å². The minimum atomic E-state index is -3.52. The van der Waals surface area contributed by atoms with Gasteiger partial charge < -0.3 is 20.1 Å². The van der Waals surface area contributed by atoms with Crippen molar-refractivity contribution in [1.29, 1.82) is 0 Å². The number of amides is 1. The van der Waals surface area contributed by atoms with Gasteiger partial charge in [0.05, 0.1) is 17.3 Å². The summed E-state index contributed by atoms with van der Waals surface area (Å²) in [6, 6.07) is 6.66. The molecule has 2 aliphatic rings. The van der Waals surface area contributed by atoms with Crippen molar-refractivity contribution in [3.8, 4) is 16.9 Å². The summed E-state index contributed by atoms with van der Waals surface area (Å²) < 4.78 is 32.9. The number of aryl methyl sites for hydroxylation is 1. The third kappa shape index (κ3) is 3.26. The summed E-state index contributed by atoms with van der Waals surface area (Å²) in [5, 5.41) is 35.0. The molecule has 10 nitrogen and oxygen atoms in total. The molecular weight excluding hydrogens is 476 g/mol. The van der Waals surface area contributed by atoms with Gasteiger partial charge in [-0.2, -0.15) is 13.9 Å². The van der Waals surface area contributed by atoms with Crippen LogP contribution >= 0.6 is 0 Å². The Hall–Kier alpha value is -4.00. The number of fused-ring (bicyclic) bond motifs is 9. The second-order valence-electron chi connectivity index (χ2n) is 8.74. The summed E-state index contributed by atoms with van der Waals surface area (Å²) >= 11 is 0. The van der Waals surface area contributed by atoms with E-state index in [4.69, 9.17) is 4.74 Å². The van der Waals surface area contributed by atoms with Gasteiger partial charge in [0, 0.05) is 46.3 Å². The van der Waals surface area contributed by atoms with E-state index in [0.717, 1.165) is 16.8 Å². The van der Waals surface area contributed by atoms with E-state index in [2.05, 4.69) is 15.1 Å².